The lowest BCUT2D eigenvalue weighted by molar-refractivity contribution is -0.120. The summed E-state index contributed by atoms with van der Waals surface area (Å²) in [6.07, 6.45) is 0.215. The van der Waals surface area contributed by atoms with Crippen molar-refractivity contribution >= 4 is 11.8 Å². The molecule has 0 aromatic heterocycles. The van der Waals surface area contributed by atoms with Crippen molar-refractivity contribution in [2.45, 2.75) is 6.42 Å². The fourth-order valence-electron chi connectivity index (χ4n) is 0.830. The minimum Gasteiger partial charge on any atom is -0.379 e. The predicted octanol–water partition coefficient (Wildman–Crippen LogP) is -2.03. The summed E-state index contributed by atoms with van der Waals surface area (Å²) >= 11 is 0. The van der Waals surface area contributed by atoms with Crippen LogP contribution in [0.3, 0.4) is 0 Å². The third-order valence-corrected chi connectivity index (χ3v) is 1.62. The maximum Gasteiger partial charge on any atom is 0.233 e. The largest absolute Gasteiger partial charge is 0.379 e. The van der Waals surface area contributed by atoms with E-state index >= 15 is 0 Å². The Labute approximate surface area is 94.4 Å². The highest BCUT2D eigenvalue weighted by atomic mass is 16.5. The van der Waals surface area contributed by atoms with Crippen LogP contribution in [-0.2, 0) is 19.1 Å². The Morgan fingerprint density at radius 3 is 2.25 bits per heavy atom. The molecule has 0 aliphatic carbocycles. The van der Waals surface area contributed by atoms with Gasteiger partial charge in [0, 0.05) is 13.0 Å². The molecule has 0 aliphatic heterocycles. The Hall–Kier alpha value is -1.18. The first-order chi connectivity index (χ1) is 7.66. The van der Waals surface area contributed by atoms with Crippen molar-refractivity contribution in [1.29, 1.82) is 0 Å². The van der Waals surface area contributed by atoms with Crippen LogP contribution >= 0.6 is 0 Å². The average Bonchev–Trinajstić information content (AvgIpc) is 2.26. The molecule has 0 aliphatic rings. The number of nitrogens with one attached hydrogen (secondary N) is 1. The minimum absolute atomic E-state index is 0.0176. The van der Waals surface area contributed by atoms with Crippen LogP contribution in [0.5, 0.6) is 0 Å². The summed E-state index contributed by atoms with van der Waals surface area (Å²) in [4.78, 5) is 21.0. The lowest BCUT2D eigenvalue weighted by Gasteiger charge is -2.05. The van der Waals surface area contributed by atoms with Gasteiger partial charge in [0.15, 0.2) is 0 Å². The molecule has 7 nitrogen and oxygen atoms in total. The zero-order valence-corrected chi connectivity index (χ0v) is 9.24. The van der Waals surface area contributed by atoms with E-state index in [9.17, 15) is 9.59 Å². The highest BCUT2D eigenvalue weighted by molar-refractivity contribution is 5.77. The SMILES string of the molecule is NCC(=O)NCCOCCOCCC(N)=O. The number of carbonyl (C=O) groups excluding carboxylic acids is 2. The van der Waals surface area contributed by atoms with Crippen molar-refractivity contribution in [3.63, 3.8) is 0 Å². The molecule has 16 heavy (non-hydrogen) atoms. The zero-order valence-electron chi connectivity index (χ0n) is 9.24. The molecule has 0 saturated heterocycles. The van der Waals surface area contributed by atoms with Crippen molar-refractivity contribution in [1.82, 2.24) is 5.32 Å². The second-order valence-electron chi connectivity index (χ2n) is 3.00. The van der Waals surface area contributed by atoms with Crippen molar-refractivity contribution in [3.05, 3.63) is 0 Å². The second-order valence-corrected chi connectivity index (χ2v) is 3.00. The van der Waals surface area contributed by atoms with E-state index in [2.05, 4.69) is 5.32 Å². The molecule has 5 N–H and O–H groups in total. The van der Waals surface area contributed by atoms with Gasteiger partial charge in [-0.3, -0.25) is 9.59 Å². The van der Waals surface area contributed by atoms with Gasteiger partial charge in [-0.15, -0.1) is 0 Å². The highest BCUT2D eigenvalue weighted by Gasteiger charge is 1.96. The second kappa shape index (κ2) is 10.3. The average molecular weight is 233 g/mol. The van der Waals surface area contributed by atoms with E-state index in [4.69, 9.17) is 20.9 Å². The third kappa shape index (κ3) is 10.9. The standard InChI is InChI=1S/C9H19N3O4/c10-7-9(14)12-2-4-16-6-5-15-3-1-8(11)13/h1-7,10H2,(H2,11,13)(H,12,14). The molecular weight excluding hydrogens is 214 g/mol. The van der Waals surface area contributed by atoms with Crippen LogP contribution in [0.1, 0.15) is 6.42 Å². The molecule has 0 aromatic rings. The molecule has 0 heterocycles. The summed E-state index contributed by atoms with van der Waals surface area (Å²) in [5, 5.41) is 2.56. The first kappa shape index (κ1) is 14.8. The topological polar surface area (TPSA) is 117 Å². The molecule has 0 unspecified atom stereocenters. The van der Waals surface area contributed by atoms with Gasteiger partial charge in [0.05, 0.1) is 33.0 Å². The van der Waals surface area contributed by atoms with Gasteiger partial charge in [-0.1, -0.05) is 0 Å². The van der Waals surface area contributed by atoms with Gasteiger partial charge in [-0.2, -0.15) is 0 Å². The van der Waals surface area contributed by atoms with E-state index in [0.29, 0.717) is 33.0 Å². The van der Waals surface area contributed by atoms with Gasteiger partial charge in [0.1, 0.15) is 0 Å². The number of rotatable bonds is 10. The highest BCUT2D eigenvalue weighted by Crippen LogP contribution is 1.82. The van der Waals surface area contributed by atoms with Crippen LogP contribution < -0.4 is 16.8 Å². The molecule has 7 heteroatoms. The molecule has 0 spiro atoms. The van der Waals surface area contributed by atoms with Gasteiger partial charge < -0.3 is 26.3 Å². The number of hydrogen-bond acceptors (Lipinski definition) is 5. The Bertz CT molecular complexity index is 211. The van der Waals surface area contributed by atoms with Crippen molar-refractivity contribution in [2.24, 2.45) is 11.5 Å². The van der Waals surface area contributed by atoms with E-state index in [1.165, 1.54) is 0 Å². The van der Waals surface area contributed by atoms with Gasteiger partial charge >= 0.3 is 0 Å². The summed E-state index contributed by atoms with van der Waals surface area (Å²) in [7, 11) is 0. The summed E-state index contributed by atoms with van der Waals surface area (Å²) in [6.45, 7) is 1.94. The smallest absolute Gasteiger partial charge is 0.233 e. The maximum absolute atomic E-state index is 10.7. The monoisotopic (exact) mass is 233 g/mol. The molecule has 0 bridgehead atoms. The number of carbonyl (C=O) groups is 2. The van der Waals surface area contributed by atoms with Crippen molar-refractivity contribution < 1.29 is 19.1 Å². The van der Waals surface area contributed by atoms with Gasteiger partial charge in [0.2, 0.25) is 11.8 Å². The van der Waals surface area contributed by atoms with E-state index in [1.54, 1.807) is 0 Å². The molecule has 0 fully saturated rings. The Morgan fingerprint density at radius 1 is 1.06 bits per heavy atom. The van der Waals surface area contributed by atoms with E-state index < -0.39 is 0 Å². The molecule has 0 saturated carbocycles. The van der Waals surface area contributed by atoms with E-state index in [0.717, 1.165) is 0 Å². The van der Waals surface area contributed by atoms with Crippen molar-refractivity contribution in [2.75, 3.05) is 39.5 Å². The number of amides is 2. The van der Waals surface area contributed by atoms with Crippen molar-refractivity contribution in [3.8, 4) is 0 Å². The van der Waals surface area contributed by atoms with Gasteiger partial charge in [-0.25, -0.2) is 0 Å². The van der Waals surface area contributed by atoms with E-state index in [-0.39, 0.29) is 24.8 Å². The number of ether oxygens (including phenoxy) is 2. The molecule has 0 radical (unpaired) electrons. The Kier molecular flexibility index (Phi) is 9.58. The molecule has 0 atom stereocenters. The number of hydrogen-bond donors (Lipinski definition) is 3. The minimum atomic E-state index is -0.384. The molecule has 0 rings (SSSR count). The zero-order chi connectivity index (χ0) is 12.2. The molecule has 2 amide bonds. The fraction of sp³-hybridized carbons (Fsp3) is 0.778. The lowest BCUT2D eigenvalue weighted by atomic mass is 10.4. The quantitative estimate of drug-likeness (QED) is 0.376. The Morgan fingerprint density at radius 2 is 1.69 bits per heavy atom. The molecule has 0 aromatic carbocycles. The van der Waals surface area contributed by atoms with Crippen LogP contribution in [0.4, 0.5) is 0 Å². The summed E-state index contributed by atoms with van der Waals surface area (Å²) < 4.78 is 10.2. The first-order valence-corrected chi connectivity index (χ1v) is 5.07. The molecular formula is C9H19N3O4. The molecule has 94 valence electrons. The predicted molar refractivity (Wildman–Crippen MR) is 57.5 cm³/mol. The third-order valence-electron chi connectivity index (χ3n) is 1.62. The van der Waals surface area contributed by atoms with Crippen LogP contribution in [0.2, 0.25) is 0 Å². The normalized spacial score (nSPS) is 10.1. The summed E-state index contributed by atoms with van der Waals surface area (Å²) in [5.41, 5.74) is 10.00. The van der Waals surface area contributed by atoms with Gasteiger partial charge in [0.25, 0.3) is 0 Å². The fourth-order valence-corrected chi connectivity index (χ4v) is 0.830. The summed E-state index contributed by atoms with van der Waals surface area (Å²) in [6, 6.07) is 0. The lowest BCUT2D eigenvalue weighted by Crippen LogP contribution is -2.32. The van der Waals surface area contributed by atoms with Crippen LogP contribution in [0.25, 0.3) is 0 Å². The Balaban J connectivity index is 3.04. The van der Waals surface area contributed by atoms with E-state index in [1.807, 2.05) is 0 Å². The van der Waals surface area contributed by atoms with Gasteiger partial charge in [-0.05, 0) is 0 Å². The van der Waals surface area contributed by atoms with Crippen LogP contribution in [-0.4, -0.2) is 51.3 Å². The number of nitrogens with two attached hydrogens (primary N) is 2. The first-order valence-electron chi connectivity index (χ1n) is 5.07. The maximum atomic E-state index is 10.7. The van der Waals surface area contributed by atoms with Crippen LogP contribution in [0.15, 0.2) is 0 Å². The summed E-state index contributed by atoms with van der Waals surface area (Å²) in [5.74, 6) is -0.591. The van der Waals surface area contributed by atoms with Crippen LogP contribution in [0, 0.1) is 0 Å². The number of primary amides is 1.